The summed E-state index contributed by atoms with van der Waals surface area (Å²) in [7, 11) is 0. The van der Waals surface area contributed by atoms with Crippen LogP contribution in [-0.4, -0.2) is 30.0 Å². The van der Waals surface area contributed by atoms with Gasteiger partial charge in [0.25, 0.3) is 11.6 Å². The summed E-state index contributed by atoms with van der Waals surface area (Å²) in [5.41, 5.74) is 1.17. The number of fused-ring (bicyclic) bond motifs is 1. The number of anilines is 1. The minimum Gasteiger partial charge on any atom is -0.366 e. The maximum Gasteiger partial charge on any atom is 0.271 e. The van der Waals surface area contributed by atoms with Gasteiger partial charge < -0.3 is 10.2 Å². The maximum absolute atomic E-state index is 12.0. The second-order valence-electron chi connectivity index (χ2n) is 4.52. The van der Waals surface area contributed by atoms with Crippen molar-refractivity contribution < 1.29 is 9.72 Å². The third-order valence-corrected chi connectivity index (χ3v) is 3.50. The van der Waals surface area contributed by atoms with Crippen molar-refractivity contribution >= 4 is 17.3 Å². The van der Waals surface area contributed by atoms with Gasteiger partial charge in [0.05, 0.1) is 16.2 Å². The van der Waals surface area contributed by atoms with Crippen molar-refractivity contribution in [3.63, 3.8) is 0 Å². The number of nitrogens with one attached hydrogen (secondary N) is 1. The zero-order valence-corrected chi connectivity index (χ0v) is 11.0. The molecule has 1 aliphatic heterocycles. The molecule has 1 heterocycles. The summed E-state index contributed by atoms with van der Waals surface area (Å²) < 4.78 is 0. The van der Waals surface area contributed by atoms with Gasteiger partial charge in [0.2, 0.25) is 0 Å². The van der Waals surface area contributed by atoms with Crippen molar-refractivity contribution in [2.45, 2.75) is 26.3 Å². The lowest BCUT2D eigenvalue weighted by molar-refractivity contribution is -0.384. The maximum atomic E-state index is 12.0. The summed E-state index contributed by atoms with van der Waals surface area (Å²) in [6.07, 6.45) is 0.871. The van der Waals surface area contributed by atoms with Crippen LogP contribution in [0.4, 0.5) is 11.4 Å². The van der Waals surface area contributed by atoms with Gasteiger partial charge in [0.15, 0.2) is 0 Å². The first-order valence-corrected chi connectivity index (χ1v) is 6.41. The molecule has 1 aromatic carbocycles. The average molecular weight is 263 g/mol. The standard InChI is InChI=1S/C13H17N3O3/c1-3-9-8-14-13(17)11-6-5-10(16(18)19)7-12(11)15(9)4-2/h5-7,9H,3-4,8H2,1-2H3,(H,14,17). The normalized spacial score (nSPS) is 18.5. The van der Waals surface area contributed by atoms with E-state index in [2.05, 4.69) is 10.2 Å². The highest BCUT2D eigenvalue weighted by atomic mass is 16.6. The van der Waals surface area contributed by atoms with E-state index < -0.39 is 4.92 Å². The molecule has 0 saturated heterocycles. The van der Waals surface area contributed by atoms with Gasteiger partial charge in [-0.2, -0.15) is 0 Å². The van der Waals surface area contributed by atoms with E-state index in [0.717, 1.165) is 6.42 Å². The molecule has 0 spiro atoms. The molecule has 2 rings (SSSR count). The zero-order chi connectivity index (χ0) is 14.0. The first-order chi connectivity index (χ1) is 9.08. The second-order valence-corrected chi connectivity index (χ2v) is 4.52. The van der Waals surface area contributed by atoms with Gasteiger partial charge in [-0.05, 0) is 19.4 Å². The molecule has 1 aliphatic rings. The molecule has 1 amide bonds. The fraction of sp³-hybridized carbons (Fsp3) is 0.462. The van der Waals surface area contributed by atoms with Crippen LogP contribution in [0.3, 0.4) is 0 Å². The van der Waals surface area contributed by atoms with Crippen LogP contribution in [0.5, 0.6) is 0 Å². The molecule has 0 fully saturated rings. The lowest BCUT2D eigenvalue weighted by Gasteiger charge is -2.30. The molecular weight excluding hydrogens is 246 g/mol. The molecule has 0 bridgehead atoms. The third kappa shape index (κ3) is 2.38. The second kappa shape index (κ2) is 5.26. The molecule has 1 aromatic rings. The number of amides is 1. The van der Waals surface area contributed by atoms with Crippen molar-refractivity contribution in [1.82, 2.24) is 5.32 Å². The van der Waals surface area contributed by atoms with Crippen molar-refractivity contribution in [2.75, 3.05) is 18.0 Å². The van der Waals surface area contributed by atoms with E-state index in [-0.39, 0.29) is 17.6 Å². The Kier molecular flexibility index (Phi) is 3.69. The Bertz CT molecular complexity index is 516. The number of hydrogen-bond donors (Lipinski definition) is 1. The van der Waals surface area contributed by atoms with Crippen LogP contribution < -0.4 is 10.2 Å². The predicted molar refractivity (Wildman–Crippen MR) is 72.5 cm³/mol. The number of likely N-dealkylation sites (N-methyl/N-ethyl adjacent to an activating group) is 1. The van der Waals surface area contributed by atoms with Crippen molar-refractivity contribution in [1.29, 1.82) is 0 Å². The Morgan fingerprint density at radius 3 is 2.79 bits per heavy atom. The summed E-state index contributed by atoms with van der Waals surface area (Å²) in [6.45, 7) is 5.30. The van der Waals surface area contributed by atoms with E-state index in [0.29, 0.717) is 24.3 Å². The number of carbonyl (C=O) groups excluding carboxylic acids is 1. The summed E-state index contributed by atoms with van der Waals surface area (Å²) in [4.78, 5) is 24.5. The Morgan fingerprint density at radius 1 is 1.47 bits per heavy atom. The SMILES string of the molecule is CCC1CNC(=O)c2ccc([N+](=O)[O-])cc2N1CC. The summed E-state index contributed by atoms with van der Waals surface area (Å²) in [6, 6.07) is 4.56. The molecule has 6 nitrogen and oxygen atoms in total. The van der Waals surface area contributed by atoms with Crippen LogP contribution in [-0.2, 0) is 0 Å². The minimum absolute atomic E-state index is 0.0155. The number of carbonyl (C=O) groups is 1. The molecule has 1 atom stereocenters. The monoisotopic (exact) mass is 263 g/mol. The number of benzene rings is 1. The summed E-state index contributed by atoms with van der Waals surface area (Å²) >= 11 is 0. The molecule has 0 radical (unpaired) electrons. The number of non-ortho nitro benzene ring substituents is 1. The Labute approximate surface area is 111 Å². The van der Waals surface area contributed by atoms with E-state index in [1.54, 1.807) is 0 Å². The van der Waals surface area contributed by atoms with E-state index in [1.165, 1.54) is 18.2 Å². The predicted octanol–water partition coefficient (Wildman–Crippen LogP) is 1.94. The Morgan fingerprint density at radius 2 is 2.21 bits per heavy atom. The van der Waals surface area contributed by atoms with Gasteiger partial charge in [-0.1, -0.05) is 6.92 Å². The molecular formula is C13H17N3O3. The lowest BCUT2D eigenvalue weighted by atomic mass is 10.1. The third-order valence-electron chi connectivity index (χ3n) is 3.50. The topological polar surface area (TPSA) is 75.5 Å². The average Bonchev–Trinajstić information content (AvgIpc) is 2.55. The highest BCUT2D eigenvalue weighted by Crippen LogP contribution is 2.29. The quantitative estimate of drug-likeness (QED) is 0.668. The van der Waals surface area contributed by atoms with Crippen LogP contribution >= 0.6 is 0 Å². The minimum atomic E-state index is -0.433. The Balaban J connectivity index is 2.56. The smallest absolute Gasteiger partial charge is 0.271 e. The number of rotatable bonds is 3. The number of hydrogen-bond acceptors (Lipinski definition) is 4. The molecule has 0 aliphatic carbocycles. The van der Waals surface area contributed by atoms with Crippen molar-refractivity contribution in [3.8, 4) is 0 Å². The van der Waals surface area contributed by atoms with Crippen molar-refractivity contribution in [2.24, 2.45) is 0 Å². The highest BCUT2D eigenvalue weighted by Gasteiger charge is 2.27. The summed E-state index contributed by atoms with van der Waals surface area (Å²) in [5, 5.41) is 13.8. The van der Waals surface area contributed by atoms with E-state index in [9.17, 15) is 14.9 Å². The Hall–Kier alpha value is -2.11. The zero-order valence-electron chi connectivity index (χ0n) is 11.0. The molecule has 6 heteroatoms. The lowest BCUT2D eigenvalue weighted by Crippen LogP contribution is -2.40. The fourth-order valence-corrected chi connectivity index (χ4v) is 2.47. The fourth-order valence-electron chi connectivity index (χ4n) is 2.47. The highest BCUT2D eigenvalue weighted by molar-refractivity contribution is 6.01. The van der Waals surface area contributed by atoms with Crippen LogP contribution in [0.25, 0.3) is 0 Å². The first kappa shape index (κ1) is 13.3. The van der Waals surface area contributed by atoms with Crippen LogP contribution in [0, 0.1) is 10.1 Å². The summed E-state index contributed by atoms with van der Waals surface area (Å²) in [5.74, 6) is -0.167. The van der Waals surface area contributed by atoms with Gasteiger partial charge in [0.1, 0.15) is 0 Å². The van der Waals surface area contributed by atoms with E-state index in [1.807, 2.05) is 13.8 Å². The first-order valence-electron chi connectivity index (χ1n) is 6.41. The van der Waals surface area contributed by atoms with E-state index >= 15 is 0 Å². The molecule has 102 valence electrons. The molecule has 0 aromatic heterocycles. The van der Waals surface area contributed by atoms with Gasteiger partial charge >= 0.3 is 0 Å². The molecule has 19 heavy (non-hydrogen) atoms. The van der Waals surface area contributed by atoms with Crippen molar-refractivity contribution in [3.05, 3.63) is 33.9 Å². The van der Waals surface area contributed by atoms with Gasteiger partial charge in [-0.25, -0.2) is 0 Å². The molecule has 1 unspecified atom stereocenters. The van der Waals surface area contributed by atoms with Gasteiger partial charge in [-0.15, -0.1) is 0 Å². The van der Waals surface area contributed by atoms with Crippen LogP contribution in [0.2, 0.25) is 0 Å². The number of nitro groups is 1. The van der Waals surface area contributed by atoms with Gasteiger partial charge in [-0.3, -0.25) is 14.9 Å². The number of nitro benzene ring substituents is 1. The van der Waals surface area contributed by atoms with Gasteiger partial charge in [0, 0.05) is 31.3 Å². The molecule has 0 saturated carbocycles. The van der Waals surface area contributed by atoms with Crippen LogP contribution in [0.15, 0.2) is 18.2 Å². The van der Waals surface area contributed by atoms with Crippen LogP contribution in [0.1, 0.15) is 30.6 Å². The number of nitrogens with zero attached hydrogens (tertiary/aromatic N) is 2. The van der Waals surface area contributed by atoms with E-state index in [4.69, 9.17) is 0 Å². The molecule has 1 N–H and O–H groups in total. The largest absolute Gasteiger partial charge is 0.366 e.